The average molecular weight is 722 g/mol. The highest BCUT2D eigenvalue weighted by molar-refractivity contribution is 7.90. The number of nitrogens with zero attached hydrogens (tertiary/aromatic N) is 2. The molecule has 274 valence electrons. The minimum absolute atomic E-state index is 0.00111. The Labute approximate surface area is 300 Å². The van der Waals surface area contributed by atoms with Crippen molar-refractivity contribution in [3.63, 3.8) is 0 Å². The third-order valence-electron chi connectivity index (χ3n) is 8.22. The summed E-state index contributed by atoms with van der Waals surface area (Å²) in [6, 6.07) is 17.9. The summed E-state index contributed by atoms with van der Waals surface area (Å²) in [6.07, 6.45) is 2.97. The average Bonchev–Trinajstić information content (AvgIpc) is 3.45. The number of carbonyl (C=O) groups is 2. The largest absolute Gasteiger partial charge is 0.493 e. The first-order valence-corrected chi connectivity index (χ1v) is 19.0. The Kier molecular flexibility index (Phi) is 14.2. The van der Waals surface area contributed by atoms with E-state index >= 15 is 4.39 Å². The number of imidazole rings is 1. The number of amides is 1. The Hall–Kier alpha value is -4.71. The van der Waals surface area contributed by atoms with E-state index in [2.05, 4.69) is 13.8 Å². The van der Waals surface area contributed by atoms with Crippen molar-refractivity contribution in [2.45, 2.75) is 91.2 Å². The van der Waals surface area contributed by atoms with E-state index < -0.39 is 27.9 Å². The minimum Gasteiger partial charge on any atom is -0.493 e. The van der Waals surface area contributed by atoms with Crippen LogP contribution < -0.4 is 9.46 Å². The minimum atomic E-state index is -4.33. The van der Waals surface area contributed by atoms with Crippen LogP contribution in [0.3, 0.4) is 0 Å². The van der Waals surface area contributed by atoms with Gasteiger partial charge in [-0.1, -0.05) is 89.6 Å². The Bertz CT molecular complexity index is 1910. The summed E-state index contributed by atoms with van der Waals surface area (Å²) in [4.78, 5) is 30.5. The van der Waals surface area contributed by atoms with E-state index in [0.29, 0.717) is 54.6 Å². The molecule has 4 aromatic rings. The van der Waals surface area contributed by atoms with Crippen LogP contribution >= 0.6 is 0 Å². The van der Waals surface area contributed by atoms with Crippen LogP contribution in [0.4, 0.5) is 9.18 Å². The number of benzene rings is 3. The van der Waals surface area contributed by atoms with Crippen LogP contribution in [0.5, 0.6) is 5.75 Å². The number of hydrogen-bond donors (Lipinski definition) is 1. The van der Waals surface area contributed by atoms with Crippen LogP contribution in [0.15, 0.2) is 71.6 Å². The van der Waals surface area contributed by atoms with E-state index in [1.54, 1.807) is 22.8 Å². The van der Waals surface area contributed by atoms with Gasteiger partial charge in [-0.05, 0) is 55.4 Å². The fraction of sp³-hybridized carbons (Fsp3) is 0.410. The molecule has 0 saturated carbocycles. The van der Waals surface area contributed by atoms with Crippen LogP contribution in [-0.4, -0.2) is 43.2 Å². The maximum absolute atomic E-state index is 15.9. The van der Waals surface area contributed by atoms with Crippen LogP contribution in [0.1, 0.15) is 93.4 Å². The molecule has 0 aliphatic rings. The highest BCUT2D eigenvalue weighted by Gasteiger charge is 2.26. The molecule has 4 rings (SSSR count). The number of unbranched alkanes of at least 4 members (excludes halogenated alkanes) is 1. The van der Waals surface area contributed by atoms with Crippen molar-refractivity contribution in [1.29, 1.82) is 0 Å². The highest BCUT2D eigenvalue weighted by Crippen LogP contribution is 2.30. The number of hydrogen-bond acceptors (Lipinski definition) is 8. The van der Waals surface area contributed by atoms with Gasteiger partial charge < -0.3 is 18.8 Å². The fourth-order valence-corrected chi connectivity index (χ4v) is 6.57. The summed E-state index contributed by atoms with van der Waals surface area (Å²) in [5.41, 5.74) is 2.32. The van der Waals surface area contributed by atoms with Gasteiger partial charge in [0.05, 0.1) is 30.3 Å². The van der Waals surface area contributed by atoms with Crippen LogP contribution in [0.2, 0.25) is 0 Å². The van der Waals surface area contributed by atoms with E-state index in [4.69, 9.17) is 19.2 Å². The summed E-state index contributed by atoms with van der Waals surface area (Å²) < 4.78 is 62.7. The first kappa shape index (κ1) is 39.1. The molecule has 0 spiro atoms. The molecule has 1 amide bonds. The zero-order chi connectivity index (χ0) is 37.0. The predicted molar refractivity (Wildman–Crippen MR) is 194 cm³/mol. The standard InChI is InChI=1S/C39H48FN3O7S/c1-6-9-22-49-39(45)42-51(46,47)35-18-13-11-16-31(35)28-19-20-29(32(40)24-28)25-43-36(14-7-2)41-33(8-3)37(43)38(44)50-26-30-15-10-12-17-34(30)48-23-21-27(4)5/h10-13,15-20,24,27H,6-9,14,21-23,25-26H2,1-5H3,(H,42,45). The van der Waals surface area contributed by atoms with Gasteiger partial charge in [0, 0.05) is 23.1 Å². The summed E-state index contributed by atoms with van der Waals surface area (Å²) in [7, 11) is -4.33. The molecule has 1 N–H and O–H groups in total. The van der Waals surface area contributed by atoms with Gasteiger partial charge in [0.25, 0.3) is 10.0 Å². The Morgan fingerprint density at radius 1 is 0.922 bits per heavy atom. The normalized spacial score (nSPS) is 11.4. The predicted octanol–water partition coefficient (Wildman–Crippen LogP) is 8.25. The molecule has 0 aliphatic heterocycles. The summed E-state index contributed by atoms with van der Waals surface area (Å²) in [5.74, 6) is 0.600. The monoisotopic (exact) mass is 721 g/mol. The Balaban J connectivity index is 1.60. The number of halogens is 1. The summed E-state index contributed by atoms with van der Waals surface area (Å²) >= 11 is 0. The van der Waals surface area contributed by atoms with E-state index in [9.17, 15) is 18.0 Å². The van der Waals surface area contributed by atoms with Crippen LogP contribution in [0, 0.1) is 11.7 Å². The van der Waals surface area contributed by atoms with Crippen molar-refractivity contribution in [2.75, 3.05) is 13.2 Å². The number of ether oxygens (including phenoxy) is 3. The van der Waals surface area contributed by atoms with Crippen molar-refractivity contribution in [3.05, 3.63) is 101 Å². The quantitative estimate of drug-likeness (QED) is 0.0805. The van der Waals surface area contributed by atoms with Crippen molar-refractivity contribution in [1.82, 2.24) is 14.3 Å². The van der Waals surface area contributed by atoms with Gasteiger partial charge in [0.1, 0.15) is 24.0 Å². The smallest absolute Gasteiger partial charge is 0.421 e. The van der Waals surface area contributed by atoms with Gasteiger partial charge in [0.15, 0.2) is 5.69 Å². The SMILES string of the molecule is CCCCOC(=O)NS(=O)(=O)c1ccccc1-c1ccc(Cn2c(CCC)nc(CC)c2C(=O)OCc2ccccc2OCCC(C)C)c(F)c1. The number of para-hydroxylation sites is 1. The van der Waals surface area contributed by atoms with E-state index in [-0.39, 0.29) is 41.5 Å². The lowest BCUT2D eigenvalue weighted by Crippen LogP contribution is -2.31. The van der Waals surface area contributed by atoms with Crippen LogP contribution in [-0.2, 0) is 45.5 Å². The molecule has 0 fully saturated rings. The van der Waals surface area contributed by atoms with Gasteiger partial charge in [-0.15, -0.1) is 0 Å². The van der Waals surface area contributed by atoms with Gasteiger partial charge in [-0.3, -0.25) is 0 Å². The third-order valence-corrected chi connectivity index (χ3v) is 9.59. The molecule has 0 saturated heterocycles. The third kappa shape index (κ3) is 10.4. The second kappa shape index (κ2) is 18.5. The molecule has 0 aliphatic carbocycles. The maximum Gasteiger partial charge on any atom is 0.421 e. The molecular weight excluding hydrogens is 674 g/mol. The molecule has 0 bridgehead atoms. The van der Waals surface area contributed by atoms with Crippen LogP contribution in [0.25, 0.3) is 11.1 Å². The van der Waals surface area contributed by atoms with E-state index in [1.807, 2.05) is 49.8 Å². The van der Waals surface area contributed by atoms with Gasteiger partial charge in [-0.2, -0.15) is 0 Å². The van der Waals surface area contributed by atoms with Gasteiger partial charge in [0.2, 0.25) is 0 Å². The molecule has 0 radical (unpaired) electrons. The summed E-state index contributed by atoms with van der Waals surface area (Å²) in [6.45, 7) is 10.7. The molecule has 0 unspecified atom stereocenters. The van der Waals surface area contributed by atoms with Crippen molar-refractivity contribution in [3.8, 4) is 16.9 Å². The molecule has 1 heterocycles. The molecule has 3 aromatic carbocycles. The molecule has 0 atom stereocenters. The number of aryl methyl sites for hydroxylation is 2. The van der Waals surface area contributed by atoms with E-state index in [0.717, 1.165) is 24.8 Å². The van der Waals surface area contributed by atoms with Gasteiger partial charge >= 0.3 is 12.1 Å². The lowest BCUT2D eigenvalue weighted by Gasteiger charge is -2.16. The molecular formula is C39H48FN3O7S. The number of carbonyl (C=O) groups excluding carboxylic acids is 2. The first-order chi connectivity index (χ1) is 24.5. The number of rotatable bonds is 18. The Morgan fingerprint density at radius 2 is 1.67 bits per heavy atom. The number of esters is 1. The summed E-state index contributed by atoms with van der Waals surface area (Å²) in [5, 5.41) is 0. The highest BCUT2D eigenvalue weighted by atomic mass is 32.2. The molecule has 12 heteroatoms. The lowest BCUT2D eigenvalue weighted by molar-refractivity contribution is 0.0455. The number of aromatic nitrogens is 2. The molecule has 1 aromatic heterocycles. The van der Waals surface area contributed by atoms with Crippen molar-refractivity contribution >= 4 is 22.1 Å². The first-order valence-electron chi connectivity index (χ1n) is 17.5. The fourth-order valence-electron chi connectivity index (χ4n) is 5.45. The Morgan fingerprint density at radius 3 is 2.37 bits per heavy atom. The van der Waals surface area contributed by atoms with Crippen molar-refractivity contribution in [2.24, 2.45) is 5.92 Å². The van der Waals surface area contributed by atoms with E-state index in [1.165, 1.54) is 24.3 Å². The molecule has 51 heavy (non-hydrogen) atoms. The van der Waals surface area contributed by atoms with Gasteiger partial charge in [-0.25, -0.2) is 32.1 Å². The second-order valence-corrected chi connectivity index (χ2v) is 14.3. The molecule has 10 nitrogen and oxygen atoms in total. The van der Waals surface area contributed by atoms with Crippen molar-refractivity contribution < 1.29 is 36.6 Å². The number of nitrogens with one attached hydrogen (secondary N) is 1. The topological polar surface area (TPSA) is 126 Å². The lowest BCUT2D eigenvalue weighted by atomic mass is 10.0. The zero-order valence-corrected chi connectivity index (χ0v) is 30.9. The maximum atomic E-state index is 15.9. The zero-order valence-electron chi connectivity index (χ0n) is 30.0. The second-order valence-electron chi connectivity index (χ2n) is 12.6. The number of sulfonamides is 1.